The third kappa shape index (κ3) is 0.881. The standard InChI is InChI=1S/C8H13NO3/c10-6-4-8(7(11)12)2-1-3-9(8)5-6/h6,10H,1-5H2,(H,11,12)/t6-,8+/m0/s1. The summed E-state index contributed by atoms with van der Waals surface area (Å²) in [6.45, 7) is 1.36. The van der Waals surface area contributed by atoms with Crippen LogP contribution in [0.1, 0.15) is 19.3 Å². The molecule has 2 atom stereocenters. The van der Waals surface area contributed by atoms with Crippen molar-refractivity contribution in [3.63, 3.8) is 0 Å². The van der Waals surface area contributed by atoms with Crippen LogP contribution in [0.2, 0.25) is 0 Å². The van der Waals surface area contributed by atoms with Crippen molar-refractivity contribution in [2.24, 2.45) is 0 Å². The predicted molar refractivity (Wildman–Crippen MR) is 41.8 cm³/mol. The van der Waals surface area contributed by atoms with Crippen LogP contribution < -0.4 is 0 Å². The number of carboxylic acids is 1. The fourth-order valence-corrected chi connectivity index (χ4v) is 2.47. The largest absolute Gasteiger partial charge is 0.480 e. The zero-order chi connectivity index (χ0) is 8.77. The van der Waals surface area contributed by atoms with Gasteiger partial charge in [-0.1, -0.05) is 0 Å². The molecule has 2 aliphatic rings. The van der Waals surface area contributed by atoms with Gasteiger partial charge in [0.2, 0.25) is 0 Å². The van der Waals surface area contributed by atoms with Crippen LogP contribution in [0.4, 0.5) is 0 Å². The molecule has 2 saturated heterocycles. The number of β-amino-alcohol motifs (C(OH)–C–C–N with tert-alkyl or cyclic N) is 1. The van der Waals surface area contributed by atoms with Crippen molar-refractivity contribution in [3.8, 4) is 0 Å². The second kappa shape index (κ2) is 2.44. The number of rotatable bonds is 1. The topological polar surface area (TPSA) is 60.8 Å². The molecule has 0 aromatic rings. The molecule has 0 bridgehead atoms. The molecule has 12 heavy (non-hydrogen) atoms. The summed E-state index contributed by atoms with van der Waals surface area (Å²) in [6.07, 6.45) is 1.60. The highest BCUT2D eigenvalue weighted by Crippen LogP contribution is 2.38. The van der Waals surface area contributed by atoms with Gasteiger partial charge < -0.3 is 10.2 Å². The molecule has 0 radical (unpaired) electrons. The molecule has 4 nitrogen and oxygen atoms in total. The highest BCUT2D eigenvalue weighted by Gasteiger charge is 2.53. The first-order valence-electron chi connectivity index (χ1n) is 4.32. The normalized spacial score (nSPS) is 41.6. The van der Waals surface area contributed by atoms with Crippen LogP contribution in [0.15, 0.2) is 0 Å². The van der Waals surface area contributed by atoms with E-state index in [0.29, 0.717) is 19.4 Å². The molecule has 68 valence electrons. The van der Waals surface area contributed by atoms with Crippen molar-refractivity contribution in [2.45, 2.75) is 30.9 Å². The van der Waals surface area contributed by atoms with Crippen molar-refractivity contribution >= 4 is 5.97 Å². The van der Waals surface area contributed by atoms with Gasteiger partial charge in [-0.25, -0.2) is 0 Å². The van der Waals surface area contributed by atoms with E-state index in [-0.39, 0.29) is 0 Å². The monoisotopic (exact) mass is 171 g/mol. The molecule has 0 spiro atoms. The lowest BCUT2D eigenvalue weighted by Gasteiger charge is -2.26. The Balaban J connectivity index is 2.26. The maximum atomic E-state index is 11.0. The summed E-state index contributed by atoms with van der Waals surface area (Å²) in [5, 5.41) is 18.4. The van der Waals surface area contributed by atoms with E-state index in [4.69, 9.17) is 5.11 Å². The highest BCUT2D eigenvalue weighted by molar-refractivity contribution is 5.79. The van der Waals surface area contributed by atoms with Crippen LogP contribution in [0.3, 0.4) is 0 Å². The fourth-order valence-electron chi connectivity index (χ4n) is 2.47. The first-order chi connectivity index (χ1) is 5.65. The number of hydrogen-bond donors (Lipinski definition) is 2. The Kier molecular flexibility index (Phi) is 1.63. The summed E-state index contributed by atoms with van der Waals surface area (Å²) in [5.74, 6) is -0.767. The van der Waals surface area contributed by atoms with Crippen molar-refractivity contribution in [1.29, 1.82) is 0 Å². The summed E-state index contributed by atoms with van der Waals surface area (Å²) in [7, 11) is 0. The van der Waals surface area contributed by atoms with Gasteiger partial charge in [-0.3, -0.25) is 9.69 Å². The Hall–Kier alpha value is -0.610. The van der Waals surface area contributed by atoms with Crippen LogP contribution >= 0.6 is 0 Å². The number of hydrogen-bond acceptors (Lipinski definition) is 3. The Bertz CT molecular complexity index is 218. The quantitative estimate of drug-likeness (QED) is 0.567. The molecule has 2 aliphatic heterocycles. The lowest BCUT2D eigenvalue weighted by atomic mass is 9.94. The predicted octanol–water partition coefficient (Wildman–Crippen LogP) is -0.330. The molecule has 0 aliphatic carbocycles. The van der Waals surface area contributed by atoms with Gasteiger partial charge in [0.25, 0.3) is 0 Å². The number of carboxylic acid groups (broad SMARTS) is 1. The van der Waals surface area contributed by atoms with Crippen LogP contribution in [0.25, 0.3) is 0 Å². The third-order valence-corrected chi connectivity index (χ3v) is 3.03. The van der Waals surface area contributed by atoms with Gasteiger partial charge in [0.05, 0.1) is 6.10 Å². The molecule has 2 N–H and O–H groups in total. The molecular weight excluding hydrogens is 158 g/mol. The second-order valence-electron chi connectivity index (χ2n) is 3.74. The molecule has 2 heterocycles. The molecule has 0 aromatic carbocycles. The van der Waals surface area contributed by atoms with Crippen molar-refractivity contribution < 1.29 is 15.0 Å². The van der Waals surface area contributed by atoms with Crippen molar-refractivity contribution in [3.05, 3.63) is 0 Å². The van der Waals surface area contributed by atoms with Crippen molar-refractivity contribution in [1.82, 2.24) is 4.90 Å². The maximum absolute atomic E-state index is 11.0. The molecular formula is C8H13NO3. The van der Waals surface area contributed by atoms with Gasteiger partial charge in [-0.15, -0.1) is 0 Å². The minimum Gasteiger partial charge on any atom is -0.480 e. The number of aliphatic carboxylic acids is 1. The number of fused-ring (bicyclic) bond motifs is 1. The van der Waals surface area contributed by atoms with E-state index >= 15 is 0 Å². The molecule has 2 rings (SSSR count). The van der Waals surface area contributed by atoms with E-state index in [2.05, 4.69) is 0 Å². The fraction of sp³-hybridized carbons (Fsp3) is 0.875. The van der Waals surface area contributed by atoms with E-state index in [0.717, 1.165) is 13.0 Å². The minimum atomic E-state index is -0.767. The Morgan fingerprint density at radius 1 is 1.58 bits per heavy atom. The first-order valence-corrected chi connectivity index (χ1v) is 4.32. The van der Waals surface area contributed by atoms with Crippen molar-refractivity contribution in [2.75, 3.05) is 13.1 Å². The number of aliphatic hydroxyl groups excluding tert-OH is 1. The van der Waals surface area contributed by atoms with Gasteiger partial charge in [-0.2, -0.15) is 0 Å². The van der Waals surface area contributed by atoms with Crippen LogP contribution in [-0.4, -0.2) is 45.8 Å². The second-order valence-corrected chi connectivity index (χ2v) is 3.74. The Morgan fingerprint density at radius 2 is 2.33 bits per heavy atom. The zero-order valence-electron chi connectivity index (χ0n) is 6.86. The van der Waals surface area contributed by atoms with E-state index in [9.17, 15) is 9.90 Å². The number of aliphatic hydroxyl groups is 1. The van der Waals surface area contributed by atoms with E-state index in [1.165, 1.54) is 0 Å². The van der Waals surface area contributed by atoms with Gasteiger partial charge in [0.1, 0.15) is 5.54 Å². The first kappa shape index (κ1) is 8.01. The molecule has 2 fully saturated rings. The summed E-state index contributed by atoms with van der Waals surface area (Å²) >= 11 is 0. The van der Waals surface area contributed by atoms with Gasteiger partial charge in [-0.05, 0) is 19.4 Å². The summed E-state index contributed by atoms with van der Waals surface area (Å²) in [4.78, 5) is 12.9. The Labute approximate surface area is 70.8 Å². The molecule has 0 saturated carbocycles. The van der Waals surface area contributed by atoms with Gasteiger partial charge >= 0.3 is 5.97 Å². The smallest absolute Gasteiger partial charge is 0.324 e. The number of carbonyl (C=O) groups is 1. The average molecular weight is 171 g/mol. The van der Waals surface area contributed by atoms with Gasteiger partial charge in [0, 0.05) is 13.0 Å². The van der Waals surface area contributed by atoms with E-state index in [1.54, 1.807) is 0 Å². The lowest BCUT2D eigenvalue weighted by molar-refractivity contribution is -0.148. The average Bonchev–Trinajstić information content (AvgIpc) is 2.42. The minimum absolute atomic E-state index is 0.405. The molecule has 0 unspecified atom stereocenters. The molecule has 0 aromatic heterocycles. The van der Waals surface area contributed by atoms with Gasteiger partial charge in [0.15, 0.2) is 0 Å². The summed E-state index contributed by atoms with van der Waals surface area (Å²) in [5.41, 5.74) is -0.723. The lowest BCUT2D eigenvalue weighted by Crippen LogP contribution is -2.45. The summed E-state index contributed by atoms with van der Waals surface area (Å²) in [6, 6.07) is 0. The SMILES string of the molecule is O=C(O)[C@]12CCCN1C[C@@H](O)C2. The zero-order valence-corrected chi connectivity index (χ0v) is 6.86. The van der Waals surface area contributed by atoms with Crippen LogP contribution in [-0.2, 0) is 4.79 Å². The van der Waals surface area contributed by atoms with Crippen LogP contribution in [0, 0.1) is 0 Å². The van der Waals surface area contributed by atoms with Crippen LogP contribution in [0.5, 0.6) is 0 Å². The van der Waals surface area contributed by atoms with E-state index < -0.39 is 17.6 Å². The number of nitrogens with zero attached hydrogens (tertiary/aromatic N) is 1. The third-order valence-electron chi connectivity index (χ3n) is 3.03. The summed E-state index contributed by atoms with van der Waals surface area (Å²) < 4.78 is 0. The molecule has 4 heteroatoms. The molecule has 0 amide bonds. The Morgan fingerprint density at radius 3 is 2.92 bits per heavy atom. The highest BCUT2D eigenvalue weighted by atomic mass is 16.4. The van der Waals surface area contributed by atoms with E-state index in [1.807, 2.05) is 4.90 Å². The maximum Gasteiger partial charge on any atom is 0.324 e.